The Kier molecular flexibility index (Phi) is 4.76. The van der Waals surface area contributed by atoms with Crippen LogP contribution in [0.3, 0.4) is 0 Å². The van der Waals surface area contributed by atoms with Crippen LogP contribution < -0.4 is 5.32 Å². The fraction of sp³-hybridized carbons (Fsp3) is 0.389. The molecular formula is C18H21N3O3S. The summed E-state index contributed by atoms with van der Waals surface area (Å²) in [6.45, 7) is 9.98. The lowest BCUT2D eigenvalue weighted by molar-refractivity contribution is 0.0531. The van der Waals surface area contributed by atoms with E-state index in [0.717, 1.165) is 32.9 Å². The standard InChI is InChI=1S/C18H21N3O3S/c1-6-23-18(22)15-10(3)14-16(19-8-20-17(14)25-15)21-11(4)13-7-9(2)24-12(13)5/h7-8,11H,6H2,1-5H3,(H,19,20,21). The zero-order valence-corrected chi connectivity index (χ0v) is 15.8. The third-order valence-corrected chi connectivity index (χ3v) is 5.27. The first-order chi connectivity index (χ1) is 11.9. The first-order valence-corrected chi connectivity index (χ1v) is 8.98. The van der Waals surface area contributed by atoms with Crippen LogP contribution in [0, 0.1) is 20.8 Å². The molecule has 25 heavy (non-hydrogen) atoms. The minimum Gasteiger partial charge on any atom is -0.466 e. The molecule has 0 bridgehead atoms. The van der Waals surface area contributed by atoms with E-state index in [1.807, 2.05) is 26.8 Å². The van der Waals surface area contributed by atoms with Crippen molar-refractivity contribution in [3.8, 4) is 0 Å². The average Bonchev–Trinajstić information content (AvgIpc) is 3.08. The van der Waals surface area contributed by atoms with Gasteiger partial charge in [-0.3, -0.25) is 0 Å². The van der Waals surface area contributed by atoms with E-state index in [1.54, 1.807) is 6.92 Å². The van der Waals surface area contributed by atoms with Gasteiger partial charge in [-0.2, -0.15) is 0 Å². The Morgan fingerprint density at radius 2 is 2.12 bits per heavy atom. The number of carbonyl (C=O) groups excluding carboxylic acids is 1. The Balaban J connectivity index is 1.99. The number of nitrogens with one attached hydrogen (secondary N) is 1. The highest BCUT2D eigenvalue weighted by molar-refractivity contribution is 7.20. The van der Waals surface area contributed by atoms with E-state index in [9.17, 15) is 4.79 Å². The Labute approximate surface area is 150 Å². The number of aromatic nitrogens is 2. The van der Waals surface area contributed by atoms with Gasteiger partial charge in [-0.15, -0.1) is 11.3 Å². The lowest BCUT2D eigenvalue weighted by atomic mass is 10.1. The third kappa shape index (κ3) is 3.24. The van der Waals surface area contributed by atoms with E-state index >= 15 is 0 Å². The second-order valence-corrected chi connectivity index (χ2v) is 6.91. The van der Waals surface area contributed by atoms with Crippen molar-refractivity contribution < 1.29 is 13.9 Å². The number of aryl methyl sites for hydroxylation is 3. The van der Waals surface area contributed by atoms with Crippen LogP contribution in [0.1, 0.15) is 52.2 Å². The highest BCUT2D eigenvalue weighted by atomic mass is 32.1. The highest BCUT2D eigenvalue weighted by Gasteiger charge is 2.21. The Hall–Kier alpha value is -2.41. The van der Waals surface area contributed by atoms with Gasteiger partial charge < -0.3 is 14.5 Å². The second kappa shape index (κ2) is 6.84. The van der Waals surface area contributed by atoms with Gasteiger partial charge in [-0.1, -0.05) is 0 Å². The van der Waals surface area contributed by atoms with Crippen LogP contribution in [0.15, 0.2) is 16.8 Å². The molecule has 0 saturated heterocycles. The quantitative estimate of drug-likeness (QED) is 0.673. The van der Waals surface area contributed by atoms with Crippen molar-refractivity contribution >= 4 is 33.3 Å². The molecule has 0 amide bonds. The van der Waals surface area contributed by atoms with E-state index < -0.39 is 0 Å². The average molecular weight is 359 g/mol. The SMILES string of the molecule is CCOC(=O)c1sc2ncnc(NC(C)c3cc(C)oc3C)c2c1C. The van der Waals surface area contributed by atoms with E-state index in [0.29, 0.717) is 17.3 Å². The molecule has 3 aromatic rings. The fourth-order valence-corrected chi connectivity index (χ4v) is 3.98. The van der Waals surface area contributed by atoms with Gasteiger partial charge in [0.15, 0.2) is 0 Å². The normalized spacial score (nSPS) is 12.4. The zero-order valence-electron chi connectivity index (χ0n) is 15.0. The molecule has 6 nitrogen and oxygen atoms in total. The molecule has 0 aliphatic rings. The van der Waals surface area contributed by atoms with E-state index in [1.165, 1.54) is 17.7 Å². The molecule has 1 unspecified atom stereocenters. The van der Waals surface area contributed by atoms with Crippen LogP contribution in [0.5, 0.6) is 0 Å². The number of ether oxygens (including phenoxy) is 1. The van der Waals surface area contributed by atoms with Crippen molar-refractivity contribution in [2.24, 2.45) is 0 Å². The maximum Gasteiger partial charge on any atom is 0.348 e. The van der Waals surface area contributed by atoms with Crippen molar-refractivity contribution in [2.75, 3.05) is 11.9 Å². The fourth-order valence-electron chi connectivity index (χ4n) is 2.94. The molecule has 0 spiro atoms. The summed E-state index contributed by atoms with van der Waals surface area (Å²) in [6.07, 6.45) is 1.51. The van der Waals surface area contributed by atoms with Crippen LogP contribution in [0.25, 0.3) is 10.2 Å². The Morgan fingerprint density at radius 1 is 1.36 bits per heavy atom. The second-order valence-electron chi connectivity index (χ2n) is 5.91. The number of esters is 1. The third-order valence-electron chi connectivity index (χ3n) is 4.09. The highest BCUT2D eigenvalue weighted by Crippen LogP contribution is 2.35. The number of furan rings is 1. The molecule has 0 aromatic carbocycles. The number of nitrogens with zero attached hydrogens (tertiary/aromatic N) is 2. The van der Waals surface area contributed by atoms with Gasteiger partial charge in [0.25, 0.3) is 0 Å². The Morgan fingerprint density at radius 3 is 2.76 bits per heavy atom. The Bertz CT molecular complexity index is 929. The lowest BCUT2D eigenvalue weighted by Gasteiger charge is -2.14. The summed E-state index contributed by atoms with van der Waals surface area (Å²) in [5.41, 5.74) is 1.93. The van der Waals surface area contributed by atoms with E-state index in [2.05, 4.69) is 22.2 Å². The summed E-state index contributed by atoms with van der Waals surface area (Å²) in [4.78, 5) is 22.2. The maximum absolute atomic E-state index is 12.1. The summed E-state index contributed by atoms with van der Waals surface area (Å²) < 4.78 is 10.8. The first kappa shape index (κ1) is 17.4. The molecule has 0 radical (unpaired) electrons. The zero-order chi connectivity index (χ0) is 18.1. The van der Waals surface area contributed by atoms with Gasteiger partial charge >= 0.3 is 5.97 Å². The minimum absolute atomic E-state index is 0.0147. The summed E-state index contributed by atoms with van der Waals surface area (Å²) in [7, 11) is 0. The van der Waals surface area contributed by atoms with Crippen molar-refractivity contribution in [2.45, 2.75) is 40.7 Å². The van der Waals surface area contributed by atoms with Gasteiger partial charge in [-0.25, -0.2) is 14.8 Å². The summed E-state index contributed by atoms with van der Waals surface area (Å²) >= 11 is 1.33. The molecule has 0 fully saturated rings. The van der Waals surface area contributed by atoms with Crippen molar-refractivity contribution in [3.05, 3.63) is 39.9 Å². The lowest BCUT2D eigenvalue weighted by Crippen LogP contribution is -2.09. The predicted molar refractivity (Wildman–Crippen MR) is 98.3 cm³/mol. The van der Waals surface area contributed by atoms with Crippen LogP contribution in [-0.2, 0) is 4.74 Å². The molecule has 3 rings (SSSR count). The molecule has 3 heterocycles. The number of thiophene rings is 1. The first-order valence-electron chi connectivity index (χ1n) is 8.17. The minimum atomic E-state index is -0.316. The van der Waals surface area contributed by atoms with E-state index in [-0.39, 0.29) is 12.0 Å². The molecule has 1 N–H and O–H groups in total. The van der Waals surface area contributed by atoms with Gasteiger partial charge in [0.2, 0.25) is 0 Å². The number of hydrogen-bond acceptors (Lipinski definition) is 7. The molecule has 3 aromatic heterocycles. The molecule has 0 saturated carbocycles. The number of hydrogen-bond donors (Lipinski definition) is 1. The summed E-state index contributed by atoms with van der Waals surface area (Å²) in [5, 5.41) is 4.29. The molecular weight excluding hydrogens is 338 g/mol. The molecule has 7 heteroatoms. The number of carbonyl (C=O) groups is 1. The monoisotopic (exact) mass is 359 g/mol. The van der Waals surface area contributed by atoms with Crippen molar-refractivity contribution in [1.82, 2.24) is 9.97 Å². The van der Waals surface area contributed by atoms with E-state index in [4.69, 9.17) is 9.15 Å². The summed E-state index contributed by atoms with van der Waals surface area (Å²) in [6, 6.07) is 2.04. The molecule has 132 valence electrons. The van der Waals surface area contributed by atoms with Gasteiger partial charge in [0.05, 0.1) is 18.0 Å². The van der Waals surface area contributed by atoms with Crippen molar-refractivity contribution in [3.63, 3.8) is 0 Å². The predicted octanol–water partition coefficient (Wildman–Crippen LogP) is 4.56. The smallest absolute Gasteiger partial charge is 0.348 e. The largest absolute Gasteiger partial charge is 0.466 e. The van der Waals surface area contributed by atoms with Crippen LogP contribution in [-0.4, -0.2) is 22.5 Å². The maximum atomic E-state index is 12.1. The molecule has 0 aliphatic heterocycles. The van der Waals surface area contributed by atoms with Gasteiger partial charge in [0.1, 0.15) is 33.4 Å². The van der Waals surface area contributed by atoms with Crippen LogP contribution in [0.4, 0.5) is 5.82 Å². The number of rotatable bonds is 5. The number of anilines is 1. The van der Waals surface area contributed by atoms with Crippen molar-refractivity contribution in [1.29, 1.82) is 0 Å². The van der Waals surface area contributed by atoms with Gasteiger partial charge in [0, 0.05) is 5.56 Å². The topological polar surface area (TPSA) is 77.2 Å². The summed E-state index contributed by atoms with van der Waals surface area (Å²) in [5.74, 6) is 2.16. The number of fused-ring (bicyclic) bond motifs is 1. The molecule has 0 aliphatic carbocycles. The van der Waals surface area contributed by atoms with Crippen LogP contribution >= 0.6 is 11.3 Å². The van der Waals surface area contributed by atoms with Gasteiger partial charge in [-0.05, 0) is 46.2 Å². The van der Waals surface area contributed by atoms with Crippen LogP contribution in [0.2, 0.25) is 0 Å². The molecule has 1 atom stereocenters.